The minimum atomic E-state index is -0.794. The molecule has 1 unspecified atom stereocenters. The molecule has 78 heavy (non-hydrogen) atoms. The smallest absolute Gasteiger partial charge is 0.306 e. The molecule has 446 valence electrons. The van der Waals surface area contributed by atoms with Crippen LogP contribution in [-0.4, -0.2) is 37.2 Å². The molecular formula is C72H122O6. The van der Waals surface area contributed by atoms with Crippen LogP contribution in [0.4, 0.5) is 0 Å². The largest absolute Gasteiger partial charge is 0.462 e. The lowest BCUT2D eigenvalue weighted by Crippen LogP contribution is -2.30. The minimum absolute atomic E-state index is 0.0890. The van der Waals surface area contributed by atoms with Gasteiger partial charge in [-0.2, -0.15) is 0 Å². The van der Waals surface area contributed by atoms with E-state index in [2.05, 4.69) is 130 Å². The van der Waals surface area contributed by atoms with Crippen molar-refractivity contribution in [2.24, 2.45) is 0 Å². The van der Waals surface area contributed by atoms with Crippen molar-refractivity contribution in [3.8, 4) is 0 Å². The molecule has 0 radical (unpaired) electrons. The van der Waals surface area contributed by atoms with Crippen LogP contribution >= 0.6 is 0 Å². The number of carbonyl (C=O) groups is 3. The number of rotatable bonds is 59. The average molecular weight is 1080 g/mol. The van der Waals surface area contributed by atoms with Gasteiger partial charge in [0, 0.05) is 19.3 Å². The molecule has 6 heteroatoms. The predicted molar refractivity (Wildman–Crippen MR) is 339 cm³/mol. The third kappa shape index (κ3) is 62.9. The highest BCUT2D eigenvalue weighted by Crippen LogP contribution is 2.16. The SMILES string of the molecule is CC/C=C\C/C=C\C/C=C\C/C=C\C/C=C\CCCCCCCC(=O)OC(COC(=O)CCCCCCC/C=C\CCC)COC(=O)CCCCCCCCCCCCCCCC/C=C\C/C=C\C/C=C\CCCCCCC. The zero-order chi connectivity index (χ0) is 56.4. The molecule has 0 bridgehead atoms. The van der Waals surface area contributed by atoms with Crippen LogP contribution in [0.1, 0.15) is 310 Å². The molecule has 0 fully saturated rings. The monoisotopic (exact) mass is 1080 g/mol. The van der Waals surface area contributed by atoms with Crippen molar-refractivity contribution in [1.82, 2.24) is 0 Å². The molecule has 0 rings (SSSR count). The molecule has 0 saturated carbocycles. The fraction of sp³-hybridized carbons (Fsp3) is 0.708. The van der Waals surface area contributed by atoms with E-state index in [0.29, 0.717) is 19.3 Å². The van der Waals surface area contributed by atoms with Crippen LogP contribution in [0.3, 0.4) is 0 Å². The van der Waals surface area contributed by atoms with Crippen molar-refractivity contribution in [3.63, 3.8) is 0 Å². The second kappa shape index (κ2) is 65.6. The average Bonchev–Trinajstić information content (AvgIpc) is 3.44. The topological polar surface area (TPSA) is 78.9 Å². The molecule has 0 heterocycles. The first kappa shape index (κ1) is 74.1. The number of allylic oxidation sites excluding steroid dienone is 18. The summed E-state index contributed by atoms with van der Waals surface area (Å²) in [6, 6.07) is 0. The van der Waals surface area contributed by atoms with E-state index in [0.717, 1.165) is 141 Å². The van der Waals surface area contributed by atoms with Crippen LogP contribution in [-0.2, 0) is 28.6 Å². The lowest BCUT2D eigenvalue weighted by molar-refractivity contribution is -0.167. The maximum atomic E-state index is 12.9. The number of hydrogen-bond donors (Lipinski definition) is 0. The van der Waals surface area contributed by atoms with Gasteiger partial charge < -0.3 is 14.2 Å². The lowest BCUT2D eigenvalue weighted by Gasteiger charge is -2.18. The van der Waals surface area contributed by atoms with Crippen LogP contribution in [0.15, 0.2) is 109 Å². The van der Waals surface area contributed by atoms with Gasteiger partial charge in [0.15, 0.2) is 6.10 Å². The summed E-state index contributed by atoms with van der Waals surface area (Å²) in [6.07, 6.45) is 89.7. The summed E-state index contributed by atoms with van der Waals surface area (Å²) in [7, 11) is 0. The van der Waals surface area contributed by atoms with Crippen molar-refractivity contribution < 1.29 is 28.6 Å². The summed E-state index contributed by atoms with van der Waals surface area (Å²) in [5, 5.41) is 0. The lowest BCUT2D eigenvalue weighted by atomic mass is 10.0. The number of hydrogen-bond acceptors (Lipinski definition) is 6. The second-order valence-electron chi connectivity index (χ2n) is 21.6. The van der Waals surface area contributed by atoms with Gasteiger partial charge in [0.2, 0.25) is 0 Å². The Morgan fingerprint density at radius 1 is 0.269 bits per heavy atom. The fourth-order valence-corrected chi connectivity index (χ4v) is 9.07. The molecule has 0 aliphatic carbocycles. The summed E-state index contributed by atoms with van der Waals surface area (Å²) < 4.78 is 16.9. The first-order valence-corrected chi connectivity index (χ1v) is 32.9. The molecule has 0 aromatic rings. The number of esters is 3. The Hall–Kier alpha value is -3.93. The van der Waals surface area contributed by atoms with Gasteiger partial charge in [-0.05, 0) is 122 Å². The maximum Gasteiger partial charge on any atom is 0.306 e. The minimum Gasteiger partial charge on any atom is -0.462 e. The van der Waals surface area contributed by atoms with Gasteiger partial charge in [0.05, 0.1) is 0 Å². The van der Waals surface area contributed by atoms with Crippen molar-refractivity contribution in [1.29, 1.82) is 0 Å². The van der Waals surface area contributed by atoms with Gasteiger partial charge in [-0.3, -0.25) is 14.4 Å². The third-order valence-electron chi connectivity index (χ3n) is 14.0. The van der Waals surface area contributed by atoms with Crippen LogP contribution in [0.5, 0.6) is 0 Å². The molecule has 0 aromatic heterocycles. The summed E-state index contributed by atoms with van der Waals surface area (Å²) in [5.41, 5.74) is 0. The number of carbonyl (C=O) groups excluding carboxylic acids is 3. The maximum absolute atomic E-state index is 12.9. The standard InChI is InChI=1S/C72H122O6/c1-4-7-10-13-16-19-22-24-26-28-30-32-33-34-35-36-37-38-39-41-42-44-46-48-50-53-56-59-62-65-71(74)77-68-69(67-76-70(73)64-61-58-55-52-21-18-15-12-9-6-3)78-72(75)66-63-60-57-54-51-49-47-45-43-40-31-29-27-25-23-20-17-14-11-8-5-2/h8,11-12,15,17,20,22,24-25,27-28,30-31,33-34,40,45,47,69H,4-7,9-10,13-14,16,18-19,21,23,26,29,32,35-39,41-44,46,48-68H2,1-3H3/b11-8-,15-12-,20-17-,24-22-,27-25-,30-28-,34-33-,40-31-,47-45-. The third-order valence-corrected chi connectivity index (χ3v) is 14.0. The number of ether oxygens (including phenoxy) is 3. The Labute approximate surface area is 482 Å². The summed E-state index contributed by atoms with van der Waals surface area (Å²) >= 11 is 0. The summed E-state index contributed by atoms with van der Waals surface area (Å²) in [4.78, 5) is 38.2. The van der Waals surface area contributed by atoms with Gasteiger partial charge in [-0.15, -0.1) is 0 Å². The van der Waals surface area contributed by atoms with Crippen molar-refractivity contribution in [3.05, 3.63) is 109 Å². The molecule has 1 atom stereocenters. The van der Waals surface area contributed by atoms with E-state index in [4.69, 9.17) is 14.2 Å². The van der Waals surface area contributed by atoms with Crippen molar-refractivity contribution in [2.45, 2.75) is 316 Å². The zero-order valence-corrected chi connectivity index (χ0v) is 51.2. The summed E-state index contributed by atoms with van der Waals surface area (Å²) in [6.45, 7) is 6.45. The number of unbranched alkanes of at least 4 members (excludes halogenated alkanes) is 30. The second-order valence-corrected chi connectivity index (χ2v) is 21.6. The highest BCUT2D eigenvalue weighted by Gasteiger charge is 2.19. The van der Waals surface area contributed by atoms with Crippen LogP contribution in [0.25, 0.3) is 0 Å². The molecule has 0 aromatic carbocycles. The van der Waals surface area contributed by atoms with Crippen molar-refractivity contribution >= 4 is 17.9 Å². The van der Waals surface area contributed by atoms with Gasteiger partial charge in [0.1, 0.15) is 13.2 Å². The van der Waals surface area contributed by atoms with Crippen LogP contribution in [0, 0.1) is 0 Å². The van der Waals surface area contributed by atoms with E-state index in [1.54, 1.807) is 0 Å². The zero-order valence-electron chi connectivity index (χ0n) is 51.2. The molecule has 6 nitrogen and oxygen atoms in total. The van der Waals surface area contributed by atoms with E-state index in [1.807, 2.05) is 0 Å². The fourth-order valence-electron chi connectivity index (χ4n) is 9.07. The normalized spacial score (nSPS) is 12.8. The van der Waals surface area contributed by atoms with Gasteiger partial charge in [-0.25, -0.2) is 0 Å². The van der Waals surface area contributed by atoms with Crippen molar-refractivity contribution in [2.75, 3.05) is 13.2 Å². The highest BCUT2D eigenvalue weighted by atomic mass is 16.6. The molecule has 0 aliphatic heterocycles. The van der Waals surface area contributed by atoms with Gasteiger partial charge >= 0.3 is 17.9 Å². The molecule has 0 spiro atoms. The highest BCUT2D eigenvalue weighted by molar-refractivity contribution is 5.71. The van der Waals surface area contributed by atoms with Crippen LogP contribution in [0.2, 0.25) is 0 Å². The summed E-state index contributed by atoms with van der Waals surface area (Å²) in [5.74, 6) is -0.914. The Balaban J connectivity index is 4.24. The molecule has 0 amide bonds. The Bertz CT molecular complexity index is 1570. The van der Waals surface area contributed by atoms with E-state index in [1.165, 1.54) is 128 Å². The van der Waals surface area contributed by atoms with Gasteiger partial charge in [0.25, 0.3) is 0 Å². The molecule has 0 saturated heterocycles. The molecular weight excluding hydrogens is 961 g/mol. The quantitative estimate of drug-likeness (QED) is 0.0261. The molecule has 0 aliphatic rings. The van der Waals surface area contributed by atoms with E-state index >= 15 is 0 Å². The molecule has 0 N–H and O–H groups in total. The van der Waals surface area contributed by atoms with Gasteiger partial charge in [-0.1, -0.05) is 278 Å². The van der Waals surface area contributed by atoms with E-state index < -0.39 is 6.10 Å². The Morgan fingerprint density at radius 2 is 0.526 bits per heavy atom. The van der Waals surface area contributed by atoms with Crippen LogP contribution < -0.4 is 0 Å². The van der Waals surface area contributed by atoms with E-state index in [9.17, 15) is 14.4 Å². The predicted octanol–water partition coefficient (Wildman–Crippen LogP) is 22.6. The first-order chi connectivity index (χ1) is 38.5. The Kier molecular flexibility index (Phi) is 62.3. The Morgan fingerprint density at radius 3 is 0.846 bits per heavy atom. The first-order valence-electron chi connectivity index (χ1n) is 32.9. The van der Waals surface area contributed by atoms with E-state index in [-0.39, 0.29) is 31.1 Å².